The highest BCUT2D eigenvalue weighted by Crippen LogP contribution is 2.21. The molecule has 1 aromatic rings. The summed E-state index contributed by atoms with van der Waals surface area (Å²) in [5.41, 5.74) is 1.89. The molecule has 0 aromatic heterocycles. The van der Waals surface area contributed by atoms with Crippen LogP contribution in [0.2, 0.25) is 0 Å². The van der Waals surface area contributed by atoms with Crippen molar-refractivity contribution < 1.29 is 14.3 Å². The molecule has 1 amide bonds. The zero-order valence-electron chi connectivity index (χ0n) is 14.3. The van der Waals surface area contributed by atoms with Crippen LogP contribution in [-0.2, 0) is 14.3 Å². The number of hydrogen-bond donors (Lipinski definition) is 1. The number of carbonyl (C=O) groups excluding carboxylic acids is 2. The van der Waals surface area contributed by atoms with Gasteiger partial charge in [-0.05, 0) is 43.5 Å². The van der Waals surface area contributed by atoms with Crippen LogP contribution in [-0.4, -0.2) is 31.6 Å². The van der Waals surface area contributed by atoms with Crippen LogP contribution in [0.3, 0.4) is 0 Å². The van der Waals surface area contributed by atoms with E-state index in [1.807, 2.05) is 31.2 Å². The third kappa shape index (κ3) is 6.07. The van der Waals surface area contributed by atoms with E-state index in [0.717, 1.165) is 19.5 Å². The highest BCUT2D eigenvalue weighted by molar-refractivity contribution is 5.93. The van der Waals surface area contributed by atoms with Crippen molar-refractivity contribution in [2.75, 3.05) is 29.9 Å². The van der Waals surface area contributed by atoms with Crippen molar-refractivity contribution in [3.05, 3.63) is 36.4 Å². The summed E-state index contributed by atoms with van der Waals surface area (Å²) in [5.74, 6) is -0.834. The summed E-state index contributed by atoms with van der Waals surface area (Å²) < 4.78 is 4.86. The Balaban J connectivity index is 1.81. The van der Waals surface area contributed by atoms with E-state index in [0.29, 0.717) is 5.69 Å². The fourth-order valence-electron chi connectivity index (χ4n) is 2.68. The topological polar surface area (TPSA) is 58.6 Å². The van der Waals surface area contributed by atoms with E-state index < -0.39 is 5.97 Å². The van der Waals surface area contributed by atoms with E-state index in [1.165, 1.54) is 37.4 Å². The third-order valence-electron chi connectivity index (χ3n) is 3.96. The number of nitrogens with one attached hydrogen (secondary N) is 1. The van der Waals surface area contributed by atoms with Gasteiger partial charge in [0.1, 0.15) is 0 Å². The second-order valence-corrected chi connectivity index (χ2v) is 5.91. The number of benzene rings is 1. The van der Waals surface area contributed by atoms with E-state index >= 15 is 0 Å². The molecule has 0 saturated carbocycles. The number of ether oxygens (including phenoxy) is 1. The summed E-state index contributed by atoms with van der Waals surface area (Å²) in [6.07, 6.45) is 8.86. The number of carbonyl (C=O) groups is 2. The van der Waals surface area contributed by atoms with Crippen molar-refractivity contribution in [1.29, 1.82) is 0 Å². The smallest absolute Gasteiger partial charge is 0.330 e. The Morgan fingerprint density at radius 2 is 1.79 bits per heavy atom. The second-order valence-electron chi connectivity index (χ2n) is 5.91. The van der Waals surface area contributed by atoms with E-state index in [9.17, 15) is 9.59 Å². The summed E-state index contributed by atoms with van der Waals surface area (Å²) in [5, 5.41) is 2.74. The number of allylic oxidation sites excluding steroid dienone is 1. The van der Waals surface area contributed by atoms with Crippen molar-refractivity contribution in [2.45, 2.75) is 39.0 Å². The standard InChI is InChI=1S/C19H26N2O3/c1-2-3-8-19(23)24-15-18(22)20-16-9-11-17(12-10-16)21-13-6-4-5-7-14-21/h3,8-12H,2,4-7,13-15H2,1H3,(H,20,22)/b8-3+. The summed E-state index contributed by atoms with van der Waals surface area (Å²) in [6, 6.07) is 7.82. The molecular weight excluding hydrogens is 304 g/mol. The van der Waals surface area contributed by atoms with Crippen molar-refractivity contribution in [2.24, 2.45) is 0 Å². The molecule has 0 radical (unpaired) electrons. The molecule has 24 heavy (non-hydrogen) atoms. The predicted molar refractivity (Wildman–Crippen MR) is 96.1 cm³/mol. The Kier molecular flexibility index (Phi) is 7.33. The molecule has 1 fully saturated rings. The molecule has 0 atom stereocenters. The molecule has 1 aliphatic heterocycles. The molecule has 1 aliphatic rings. The number of esters is 1. The van der Waals surface area contributed by atoms with Gasteiger partial charge in [0, 0.05) is 30.5 Å². The first-order valence-electron chi connectivity index (χ1n) is 8.67. The zero-order valence-corrected chi connectivity index (χ0v) is 14.3. The van der Waals surface area contributed by atoms with Gasteiger partial charge >= 0.3 is 5.97 Å². The summed E-state index contributed by atoms with van der Waals surface area (Å²) in [7, 11) is 0. The van der Waals surface area contributed by atoms with Crippen LogP contribution in [0.4, 0.5) is 11.4 Å². The minimum atomic E-state index is -0.497. The highest BCUT2D eigenvalue weighted by atomic mass is 16.5. The molecule has 1 heterocycles. The van der Waals surface area contributed by atoms with Crippen LogP contribution in [0, 0.1) is 0 Å². The van der Waals surface area contributed by atoms with Crippen molar-refractivity contribution in [1.82, 2.24) is 0 Å². The van der Waals surface area contributed by atoms with Gasteiger partial charge in [0.15, 0.2) is 6.61 Å². The average molecular weight is 330 g/mol. The maximum atomic E-state index is 11.8. The first kappa shape index (κ1) is 18.0. The Bertz CT molecular complexity index is 558. The largest absolute Gasteiger partial charge is 0.452 e. The molecule has 1 aromatic carbocycles. The lowest BCUT2D eigenvalue weighted by molar-refractivity contribution is -0.142. The van der Waals surface area contributed by atoms with Gasteiger partial charge in [-0.15, -0.1) is 0 Å². The van der Waals surface area contributed by atoms with Crippen LogP contribution in [0.5, 0.6) is 0 Å². The molecule has 0 spiro atoms. The summed E-state index contributed by atoms with van der Waals surface area (Å²) in [6.45, 7) is 3.83. The zero-order chi connectivity index (χ0) is 17.2. The lowest BCUT2D eigenvalue weighted by Crippen LogP contribution is -2.24. The number of rotatable bonds is 6. The lowest BCUT2D eigenvalue weighted by Gasteiger charge is -2.22. The molecule has 0 unspecified atom stereocenters. The van der Waals surface area contributed by atoms with E-state index in [-0.39, 0.29) is 12.5 Å². The maximum absolute atomic E-state index is 11.8. The van der Waals surface area contributed by atoms with Crippen molar-refractivity contribution in [3.63, 3.8) is 0 Å². The highest BCUT2D eigenvalue weighted by Gasteiger charge is 2.10. The number of nitrogens with zero attached hydrogens (tertiary/aromatic N) is 1. The third-order valence-corrected chi connectivity index (χ3v) is 3.96. The molecule has 5 nitrogen and oxygen atoms in total. The fourth-order valence-corrected chi connectivity index (χ4v) is 2.68. The van der Waals surface area contributed by atoms with Gasteiger partial charge in [0.05, 0.1) is 0 Å². The molecule has 0 bridgehead atoms. The molecule has 0 aliphatic carbocycles. The van der Waals surface area contributed by atoms with Crippen molar-refractivity contribution in [3.8, 4) is 0 Å². The second kappa shape index (κ2) is 9.75. The predicted octanol–water partition coefficient (Wildman–Crippen LogP) is 3.51. The first-order valence-corrected chi connectivity index (χ1v) is 8.67. The lowest BCUT2D eigenvalue weighted by atomic mass is 10.2. The van der Waals surface area contributed by atoms with Crippen molar-refractivity contribution >= 4 is 23.3 Å². The van der Waals surface area contributed by atoms with Crippen LogP contribution < -0.4 is 10.2 Å². The molecule has 5 heteroatoms. The minimum absolute atomic E-state index is 0.277. The first-order chi connectivity index (χ1) is 11.7. The SMILES string of the molecule is CC/C=C/C(=O)OCC(=O)Nc1ccc(N2CCCCCC2)cc1. The number of amides is 1. The molecule has 130 valence electrons. The number of anilines is 2. The fraction of sp³-hybridized carbons (Fsp3) is 0.474. The van der Waals surface area contributed by atoms with Gasteiger partial charge < -0.3 is 15.0 Å². The van der Waals surface area contributed by atoms with Gasteiger partial charge in [-0.25, -0.2) is 4.79 Å². The Hall–Kier alpha value is -2.30. The maximum Gasteiger partial charge on any atom is 0.330 e. The summed E-state index contributed by atoms with van der Waals surface area (Å²) >= 11 is 0. The minimum Gasteiger partial charge on any atom is -0.452 e. The van der Waals surface area contributed by atoms with Gasteiger partial charge in [0.2, 0.25) is 0 Å². The van der Waals surface area contributed by atoms with Gasteiger partial charge in [-0.2, -0.15) is 0 Å². The van der Waals surface area contributed by atoms with Crippen LogP contribution in [0.1, 0.15) is 39.0 Å². The number of hydrogen-bond acceptors (Lipinski definition) is 4. The normalized spacial score (nSPS) is 15.1. The average Bonchev–Trinajstić information content (AvgIpc) is 2.88. The Morgan fingerprint density at radius 3 is 2.42 bits per heavy atom. The Morgan fingerprint density at radius 1 is 1.12 bits per heavy atom. The molecule has 1 N–H and O–H groups in total. The molecule has 1 saturated heterocycles. The Labute approximate surface area is 143 Å². The van der Waals surface area contributed by atoms with Gasteiger partial charge in [-0.1, -0.05) is 25.8 Å². The van der Waals surface area contributed by atoms with E-state index in [4.69, 9.17) is 4.74 Å². The molecular formula is C19H26N2O3. The van der Waals surface area contributed by atoms with Crippen LogP contribution in [0.25, 0.3) is 0 Å². The van der Waals surface area contributed by atoms with E-state index in [2.05, 4.69) is 10.2 Å². The van der Waals surface area contributed by atoms with Crippen LogP contribution in [0.15, 0.2) is 36.4 Å². The van der Waals surface area contributed by atoms with Crippen LogP contribution >= 0.6 is 0 Å². The quantitative estimate of drug-likeness (QED) is 0.640. The van der Waals surface area contributed by atoms with Gasteiger partial charge in [-0.3, -0.25) is 4.79 Å². The van der Waals surface area contributed by atoms with E-state index in [1.54, 1.807) is 6.08 Å². The molecule has 2 rings (SSSR count). The van der Waals surface area contributed by atoms with Gasteiger partial charge in [0.25, 0.3) is 5.91 Å². The summed E-state index contributed by atoms with van der Waals surface area (Å²) in [4.78, 5) is 25.5. The monoisotopic (exact) mass is 330 g/mol.